The van der Waals surface area contributed by atoms with Crippen LogP contribution in [-0.2, 0) is 16.1 Å². The molecule has 1 spiro atoms. The van der Waals surface area contributed by atoms with Crippen molar-refractivity contribution in [2.24, 2.45) is 0 Å². The average Bonchev–Trinajstić information content (AvgIpc) is 2.82. The van der Waals surface area contributed by atoms with Crippen LogP contribution >= 0.6 is 0 Å². The number of fused-ring (bicyclic) bond motifs is 1. The number of likely N-dealkylation sites (tertiary alicyclic amines) is 1. The van der Waals surface area contributed by atoms with E-state index in [1.54, 1.807) is 4.57 Å². The summed E-state index contributed by atoms with van der Waals surface area (Å²) in [5, 5.41) is 2.87. The van der Waals surface area contributed by atoms with Gasteiger partial charge < -0.3 is 19.4 Å². The van der Waals surface area contributed by atoms with Gasteiger partial charge in [0.05, 0.1) is 24.1 Å². The lowest BCUT2D eigenvalue weighted by molar-refractivity contribution is -0.128. The molecular formula is C18H23N3O4. The van der Waals surface area contributed by atoms with E-state index in [1.165, 1.54) is 0 Å². The molecule has 0 aliphatic carbocycles. The molecule has 2 aliphatic rings. The van der Waals surface area contributed by atoms with E-state index in [9.17, 15) is 9.59 Å². The number of carbonyl (C=O) groups excluding carboxylic acids is 1. The van der Waals surface area contributed by atoms with E-state index in [4.69, 9.17) is 9.15 Å². The third-order valence-corrected chi connectivity index (χ3v) is 5.30. The SMILES string of the molecule is O=C1CC2(CCN(CCn3c(=O)oc4ccccc43)CC2)OCCN1. The zero-order valence-corrected chi connectivity index (χ0v) is 14.2. The minimum absolute atomic E-state index is 0.0855. The van der Waals surface area contributed by atoms with Crippen LogP contribution in [0.1, 0.15) is 19.3 Å². The van der Waals surface area contributed by atoms with Gasteiger partial charge in [-0.05, 0) is 25.0 Å². The molecule has 1 N–H and O–H groups in total. The van der Waals surface area contributed by atoms with E-state index < -0.39 is 0 Å². The van der Waals surface area contributed by atoms with Crippen molar-refractivity contribution in [2.75, 3.05) is 32.8 Å². The molecule has 2 aliphatic heterocycles. The predicted octanol–water partition coefficient (Wildman–Crippen LogP) is 0.966. The first-order valence-corrected chi connectivity index (χ1v) is 8.87. The lowest BCUT2D eigenvalue weighted by Gasteiger charge is -2.40. The Kier molecular flexibility index (Phi) is 4.35. The number of amides is 1. The second kappa shape index (κ2) is 6.65. The van der Waals surface area contributed by atoms with Crippen LogP contribution in [0.3, 0.4) is 0 Å². The number of carbonyl (C=O) groups is 1. The first kappa shape index (κ1) is 16.4. The number of aromatic nitrogens is 1. The van der Waals surface area contributed by atoms with Crippen LogP contribution in [0.4, 0.5) is 0 Å². The summed E-state index contributed by atoms with van der Waals surface area (Å²) in [6.07, 6.45) is 2.15. The second-order valence-corrected chi connectivity index (χ2v) is 6.89. The van der Waals surface area contributed by atoms with Crippen molar-refractivity contribution in [1.29, 1.82) is 0 Å². The molecule has 134 valence electrons. The summed E-state index contributed by atoms with van der Waals surface area (Å²) >= 11 is 0. The molecule has 1 aromatic carbocycles. The molecule has 1 amide bonds. The van der Waals surface area contributed by atoms with E-state index in [-0.39, 0.29) is 17.3 Å². The van der Waals surface area contributed by atoms with Gasteiger partial charge in [-0.15, -0.1) is 0 Å². The van der Waals surface area contributed by atoms with Gasteiger partial charge in [0, 0.05) is 32.7 Å². The van der Waals surface area contributed by atoms with E-state index in [2.05, 4.69) is 10.2 Å². The van der Waals surface area contributed by atoms with E-state index >= 15 is 0 Å². The number of ether oxygens (including phenoxy) is 1. The third-order valence-electron chi connectivity index (χ3n) is 5.30. The first-order chi connectivity index (χ1) is 12.2. The third kappa shape index (κ3) is 3.34. The second-order valence-electron chi connectivity index (χ2n) is 6.89. The molecule has 2 aromatic rings. The molecule has 0 bridgehead atoms. The van der Waals surface area contributed by atoms with Gasteiger partial charge >= 0.3 is 5.76 Å². The number of hydrogen-bond donors (Lipinski definition) is 1. The maximum absolute atomic E-state index is 12.0. The average molecular weight is 345 g/mol. The Labute approximate surface area is 145 Å². The number of benzene rings is 1. The number of hydrogen-bond acceptors (Lipinski definition) is 5. The predicted molar refractivity (Wildman–Crippen MR) is 92.5 cm³/mol. The van der Waals surface area contributed by atoms with Gasteiger partial charge in [-0.1, -0.05) is 12.1 Å². The minimum atomic E-state index is -0.309. The Morgan fingerprint density at radius 2 is 1.92 bits per heavy atom. The quantitative estimate of drug-likeness (QED) is 0.897. The van der Waals surface area contributed by atoms with Crippen LogP contribution in [0.25, 0.3) is 11.1 Å². The summed E-state index contributed by atoms with van der Waals surface area (Å²) < 4.78 is 13.0. The Bertz CT molecular complexity index is 817. The van der Waals surface area contributed by atoms with E-state index in [0.717, 1.165) is 38.0 Å². The highest BCUT2D eigenvalue weighted by atomic mass is 16.5. The van der Waals surface area contributed by atoms with Crippen LogP contribution in [0.2, 0.25) is 0 Å². The topological polar surface area (TPSA) is 76.7 Å². The Morgan fingerprint density at radius 1 is 1.12 bits per heavy atom. The Morgan fingerprint density at radius 3 is 2.76 bits per heavy atom. The Hall–Kier alpha value is -2.12. The normalized spacial score (nSPS) is 21.4. The van der Waals surface area contributed by atoms with Crippen LogP contribution in [0, 0.1) is 0 Å². The van der Waals surface area contributed by atoms with Crippen molar-refractivity contribution in [3.63, 3.8) is 0 Å². The van der Waals surface area contributed by atoms with Crippen molar-refractivity contribution >= 4 is 17.0 Å². The molecule has 2 saturated heterocycles. The molecule has 7 nitrogen and oxygen atoms in total. The number of para-hydroxylation sites is 2. The molecule has 25 heavy (non-hydrogen) atoms. The van der Waals surface area contributed by atoms with Crippen molar-refractivity contribution in [3.05, 3.63) is 34.8 Å². The summed E-state index contributed by atoms with van der Waals surface area (Å²) in [7, 11) is 0. The lowest BCUT2D eigenvalue weighted by atomic mass is 9.87. The van der Waals surface area contributed by atoms with E-state index in [0.29, 0.717) is 31.7 Å². The summed E-state index contributed by atoms with van der Waals surface area (Å²) in [5.74, 6) is -0.221. The molecule has 3 heterocycles. The fourth-order valence-corrected chi connectivity index (χ4v) is 3.84. The molecule has 2 fully saturated rings. The fourth-order valence-electron chi connectivity index (χ4n) is 3.84. The number of nitrogens with one attached hydrogen (secondary N) is 1. The molecule has 0 atom stereocenters. The van der Waals surface area contributed by atoms with Crippen LogP contribution in [0.15, 0.2) is 33.5 Å². The standard InChI is InChI=1S/C18H23N3O4/c22-16-13-18(24-12-7-19-16)5-8-20(9-6-18)10-11-21-14-3-1-2-4-15(14)25-17(21)23/h1-4H,5-13H2,(H,19,22). The van der Waals surface area contributed by atoms with Crippen LogP contribution < -0.4 is 11.1 Å². The largest absolute Gasteiger partial charge is 0.419 e. The van der Waals surface area contributed by atoms with Gasteiger partial charge in [-0.3, -0.25) is 9.36 Å². The zero-order chi connectivity index (χ0) is 17.3. The maximum Gasteiger partial charge on any atom is 0.419 e. The molecule has 1 aromatic heterocycles. The molecule has 7 heteroatoms. The zero-order valence-electron chi connectivity index (χ0n) is 14.2. The molecular weight excluding hydrogens is 322 g/mol. The molecule has 0 radical (unpaired) electrons. The highest BCUT2D eigenvalue weighted by molar-refractivity contribution is 5.77. The van der Waals surface area contributed by atoms with Gasteiger partial charge in [0.15, 0.2) is 5.58 Å². The highest BCUT2D eigenvalue weighted by Gasteiger charge is 2.38. The van der Waals surface area contributed by atoms with Crippen molar-refractivity contribution < 1.29 is 13.9 Å². The highest BCUT2D eigenvalue weighted by Crippen LogP contribution is 2.30. The van der Waals surface area contributed by atoms with Gasteiger partial charge in [-0.2, -0.15) is 0 Å². The van der Waals surface area contributed by atoms with Gasteiger partial charge in [0.2, 0.25) is 5.91 Å². The number of nitrogens with zero attached hydrogens (tertiary/aromatic N) is 2. The van der Waals surface area contributed by atoms with Crippen LogP contribution in [-0.4, -0.2) is 53.8 Å². The Balaban J connectivity index is 1.38. The number of piperidine rings is 1. The summed E-state index contributed by atoms with van der Waals surface area (Å²) in [6, 6.07) is 7.49. The monoisotopic (exact) mass is 345 g/mol. The van der Waals surface area contributed by atoms with Gasteiger partial charge in [-0.25, -0.2) is 4.79 Å². The summed E-state index contributed by atoms with van der Waals surface area (Å²) in [6.45, 7) is 4.31. The lowest BCUT2D eigenvalue weighted by Crippen LogP contribution is -2.48. The summed E-state index contributed by atoms with van der Waals surface area (Å²) in [4.78, 5) is 26.2. The molecule has 4 rings (SSSR count). The van der Waals surface area contributed by atoms with Gasteiger partial charge in [0.25, 0.3) is 0 Å². The maximum atomic E-state index is 12.0. The van der Waals surface area contributed by atoms with Gasteiger partial charge in [0.1, 0.15) is 0 Å². The summed E-state index contributed by atoms with van der Waals surface area (Å²) in [5.41, 5.74) is 1.16. The fraction of sp³-hybridized carbons (Fsp3) is 0.556. The van der Waals surface area contributed by atoms with Crippen molar-refractivity contribution in [3.8, 4) is 0 Å². The number of rotatable bonds is 3. The van der Waals surface area contributed by atoms with Crippen molar-refractivity contribution in [2.45, 2.75) is 31.4 Å². The van der Waals surface area contributed by atoms with E-state index in [1.807, 2.05) is 24.3 Å². The number of oxazole rings is 1. The van der Waals surface area contributed by atoms with Crippen molar-refractivity contribution in [1.82, 2.24) is 14.8 Å². The first-order valence-electron chi connectivity index (χ1n) is 8.87. The smallest absolute Gasteiger partial charge is 0.408 e. The van der Waals surface area contributed by atoms with Crippen LogP contribution in [0.5, 0.6) is 0 Å². The molecule has 0 saturated carbocycles. The minimum Gasteiger partial charge on any atom is -0.408 e. The molecule has 0 unspecified atom stereocenters.